The van der Waals surface area contributed by atoms with Crippen molar-refractivity contribution in [2.45, 2.75) is 381 Å². The van der Waals surface area contributed by atoms with Gasteiger partial charge < -0.3 is 89.9 Å². The lowest BCUT2D eigenvalue weighted by Gasteiger charge is -2.48. The molecule has 0 radical (unpaired) electrons. The zero-order valence-electron chi connectivity index (χ0n) is 55.9. The average Bonchev–Trinajstić information content (AvgIpc) is 0.873. The molecule has 3 aliphatic heterocycles. The lowest BCUT2D eigenvalue weighted by molar-refractivity contribution is -0.379. The molecule has 19 nitrogen and oxygen atoms in total. The minimum atomic E-state index is -1.98. The van der Waals surface area contributed by atoms with E-state index in [4.69, 9.17) is 28.4 Å². The van der Waals surface area contributed by atoms with Gasteiger partial charge in [-0.1, -0.05) is 256 Å². The van der Waals surface area contributed by atoms with Crippen LogP contribution in [0.3, 0.4) is 0 Å². The molecule has 0 aromatic carbocycles. The SMILES string of the molecule is CCCC/C=C/CC/C=C/C(O)C(COC1OC(CO)C(OC2OC(CO)C(OC3OC(CO)C(O)C(O)C3O)C(O)C2O)C(O)C1O)NC(=O)CCCCCCCCCCCCCCCCCCCCCCCCCCC/C=C\CCCCCCCCCC. The van der Waals surface area contributed by atoms with E-state index in [-0.39, 0.29) is 18.9 Å². The van der Waals surface area contributed by atoms with Crippen LogP contribution in [0.5, 0.6) is 0 Å². The summed E-state index contributed by atoms with van der Waals surface area (Å²) in [5, 5.41) is 120. The molecule has 12 N–H and O–H groups in total. The highest BCUT2D eigenvalue weighted by Crippen LogP contribution is 2.33. The lowest BCUT2D eigenvalue weighted by atomic mass is 9.96. The summed E-state index contributed by atoms with van der Waals surface area (Å²) in [7, 11) is 0. The Bertz CT molecular complexity index is 1780. The summed E-state index contributed by atoms with van der Waals surface area (Å²) in [5.41, 5.74) is 0. The fourth-order valence-electron chi connectivity index (χ4n) is 12.2. The maximum atomic E-state index is 13.3. The molecule has 0 spiro atoms. The van der Waals surface area contributed by atoms with Crippen LogP contribution in [0.4, 0.5) is 0 Å². The van der Waals surface area contributed by atoms with Gasteiger partial charge in [-0.15, -0.1) is 0 Å². The standard InChI is InChI=1S/C71H131NO18/c1-3-5-7-9-11-13-14-15-16-17-18-19-20-21-22-23-24-25-26-27-28-29-30-31-32-33-34-35-36-37-38-39-40-41-43-45-47-49-59(77)72-54(55(76)48-46-44-42-12-10-8-6-4-2)53-85-69-65(83)62(80)67(57(51-74)87-69)90-71-66(84)63(81)68(58(52-75)88-71)89-70-64(82)61(79)60(78)56(50-73)86-70/h10,12,17-18,46,48,54-58,60-71,73-76,78-84H,3-9,11,13-16,19-45,47,49-53H2,1-2H3,(H,72,77)/b12-10+,18-17-,48-46+. The zero-order valence-corrected chi connectivity index (χ0v) is 55.9. The van der Waals surface area contributed by atoms with Crippen LogP contribution in [0.2, 0.25) is 0 Å². The van der Waals surface area contributed by atoms with E-state index in [2.05, 4.69) is 43.5 Å². The third-order valence-corrected chi connectivity index (χ3v) is 18.2. The largest absolute Gasteiger partial charge is 0.394 e. The van der Waals surface area contributed by atoms with Gasteiger partial charge in [-0.2, -0.15) is 0 Å². The molecule has 0 aromatic rings. The number of hydrogen-bond donors (Lipinski definition) is 12. The summed E-state index contributed by atoms with van der Waals surface area (Å²) >= 11 is 0. The van der Waals surface area contributed by atoms with E-state index in [1.54, 1.807) is 6.08 Å². The van der Waals surface area contributed by atoms with E-state index in [1.807, 2.05) is 6.08 Å². The number of allylic oxidation sites excluding steroid dienone is 5. The number of nitrogens with one attached hydrogen (secondary N) is 1. The second-order valence-corrected chi connectivity index (χ2v) is 26.0. The molecular formula is C71H131NO18. The Morgan fingerprint density at radius 1 is 0.389 bits per heavy atom. The van der Waals surface area contributed by atoms with Gasteiger partial charge in [0.2, 0.25) is 5.91 Å². The number of hydrogen-bond acceptors (Lipinski definition) is 18. The highest BCUT2D eigenvalue weighted by atomic mass is 16.8. The van der Waals surface area contributed by atoms with Crippen molar-refractivity contribution in [1.82, 2.24) is 5.32 Å². The molecule has 0 bridgehead atoms. The lowest BCUT2D eigenvalue weighted by Crippen LogP contribution is -2.66. The predicted molar refractivity (Wildman–Crippen MR) is 351 cm³/mol. The molecule has 3 aliphatic rings. The van der Waals surface area contributed by atoms with Crippen molar-refractivity contribution in [3.05, 3.63) is 36.5 Å². The molecule has 19 heteroatoms. The third-order valence-electron chi connectivity index (χ3n) is 18.2. The Labute approximate surface area is 542 Å². The molecule has 17 unspecified atom stereocenters. The number of aliphatic hydroxyl groups excluding tert-OH is 11. The van der Waals surface area contributed by atoms with Crippen molar-refractivity contribution in [3.63, 3.8) is 0 Å². The van der Waals surface area contributed by atoms with Crippen LogP contribution in [0.15, 0.2) is 36.5 Å². The smallest absolute Gasteiger partial charge is 0.220 e. The first-order valence-corrected chi connectivity index (χ1v) is 36.2. The number of carbonyl (C=O) groups excluding carboxylic acids is 1. The molecule has 3 heterocycles. The summed E-state index contributed by atoms with van der Waals surface area (Å²) in [6.45, 7) is 1.64. The molecule has 3 rings (SSSR count). The quantitative estimate of drug-likeness (QED) is 0.0199. The second kappa shape index (κ2) is 53.2. The highest BCUT2D eigenvalue weighted by Gasteiger charge is 2.53. The molecule has 0 aromatic heterocycles. The van der Waals surface area contributed by atoms with Gasteiger partial charge in [0.1, 0.15) is 73.2 Å². The molecular weight excluding hydrogens is 1150 g/mol. The van der Waals surface area contributed by atoms with Crippen molar-refractivity contribution >= 4 is 5.91 Å². The number of unbranched alkanes of at least 4 members (excludes halogenated alkanes) is 36. The van der Waals surface area contributed by atoms with Crippen LogP contribution in [-0.2, 0) is 33.2 Å². The van der Waals surface area contributed by atoms with Crippen molar-refractivity contribution in [1.29, 1.82) is 0 Å². The minimum Gasteiger partial charge on any atom is -0.394 e. The van der Waals surface area contributed by atoms with Crippen molar-refractivity contribution in [3.8, 4) is 0 Å². The van der Waals surface area contributed by atoms with E-state index in [0.29, 0.717) is 12.8 Å². The summed E-state index contributed by atoms with van der Waals surface area (Å²) in [5.74, 6) is -0.285. The molecule has 17 atom stereocenters. The first-order chi connectivity index (χ1) is 43.8. The first kappa shape index (κ1) is 82.2. The topological polar surface area (TPSA) is 307 Å². The van der Waals surface area contributed by atoms with Crippen LogP contribution in [0, 0.1) is 0 Å². The van der Waals surface area contributed by atoms with E-state index in [0.717, 1.165) is 44.9 Å². The fourth-order valence-corrected chi connectivity index (χ4v) is 12.2. The maximum Gasteiger partial charge on any atom is 0.220 e. The first-order valence-electron chi connectivity index (χ1n) is 36.2. The molecule has 90 heavy (non-hydrogen) atoms. The third kappa shape index (κ3) is 34.6. The Balaban J connectivity index is 1.26. The second-order valence-electron chi connectivity index (χ2n) is 26.0. The van der Waals surface area contributed by atoms with Gasteiger partial charge in [-0.3, -0.25) is 4.79 Å². The highest BCUT2D eigenvalue weighted by molar-refractivity contribution is 5.76. The van der Waals surface area contributed by atoms with Crippen LogP contribution in [-0.4, -0.2) is 193 Å². The number of rotatable bonds is 56. The molecule has 1 amide bonds. The van der Waals surface area contributed by atoms with E-state index >= 15 is 0 Å². The molecule has 3 saturated heterocycles. The van der Waals surface area contributed by atoms with Crippen LogP contribution >= 0.6 is 0 Å². The van der Waals surface area contributed by atoms with E-state index in [9.17, 15) is 61.0 Å². The molecule has 528 valence electrons. The Hall–Kier alpha value is -1.99. The fraction of sp³-hybridized carbons (Fsp3) is 0.901. The maximum absolute atomic E-state index is 13.3. The van der Waals surface area contributed by atoms with Gasteiger partial charge in [-0.25, -0.2) is 0 Å². The van der Waals surface area contributed by atoms with Crippen molar-refractivity contribution < 1.29 is 89.4 Å². The Morgan fingerprint density at radius 3 is 1.14 bits per heavy atom. The van der Waals surface area contributed by atoms with E-state index in [1.165, 1.54) is 199 Å². The van der Waals surface area contributed by atoms with Gasteiger partial charge in [0.05, 0.1) is 38.6 Å². The number of aliphatic hydroxyl groups is 11. The monoisotopic (exact) mass is 1290 g/mol. The van der Waals surface area contributed by atoms with Crippen molar-refractivity contribution in [2.24, 2.45) is 0 Å². The number of carbonyl (C=O) groups is 1. The van der Waals surface area contributed by atoms with Gasteiger partial charge in [0.15, 0.2) is 18.9 Å². The summed E-state index contributed by atoms with van der Waals surface area (Å²) in [6, 6.07) is -0.985. The molecule has 3 fully saturated rings. The van der Waals surface area contributed by atoms with Gasteiger partial charge in [0, 0.05) is 6.42 Å². The average molecular weight is 1290 g/mol. The summed E-state index contributed by atoms with van der Waals surface area (Å²) < 4.78 is 34.2. The van der Waals surface area contributed by atoms with E-state index < -0.39 is 124 Å². The minimum absolute atomic E-state index is 0.238. The Kier molecular flexibility index (Phi) is 48.6. The van der Waals surface area contributed by atoms with Crippen LogP contribution in [0.25, 0.3) is 0 Å². The number of ether oxygens (including phenoxy) is 6. The Morgan fingerprint density at radius 2 is 0.722 bits per heavy atom. The van der Waals surface area contributed by atoms with Gasteiger partial charge in [0.25, 0.3) is 0 Å². The van der Waals surface area contributed by atoms with Crippen molar-refractivity contribution in [2.75, 3.05) is 26.4 Å². The zero-order chi connectivity index (χ0) is 65.4. The predicted octanol–water partition coefficient (Wildman–Crippen LogP) is 10.00. The van der Waals surface area contributed by atoms with Gasteiger partial charge >= 0.3 is 0 Å². The molecule has 0 saturated carbocycles. The summed E-state index contributed by atoms with van der Waals surface area (Å²) in [4.78, 5) is 13.3. The molecule has 0 aliphatic carbocycles. The van der Waals surface area contributed by atoms with Gasteiger partial charge in [-0.05, 0) is 51.4 Å². The van der Waals surface area contributed by atoms with Crippen LogP contribution < -0.4 is 5.32 Å². The van der Waals surface area contributed by atoms with Crippen LogP contribution in [0.1, 0.15) is 277 Å². The summed E-state index contributed by atoms with van der Waals surface area (Å²) in [6.07, 6.45) is 36.5. The number of amides is 1. The normalized spacial score (nSPS) is 28.2.